The highest BCUT2D eigenvalue weighted by Gasteiger charge is 2.14. The van der Waals surface area contributed by atoms with Crippen LogP contribution in [0.3, 0.4) is 0 Å². The molecule has 0 spiro atoms. The number of fused-ring (bicyclic) bond motifs is 1. The molecule has 0 atom stereocenters. The molecule has 2 aromatic carbocycles. The maximum absolute atomic E-state index is 12.3. The molecule has 0 fully saturated rings. The third-order valence-electron chi connectivity index (χ3n) is 4.77. The summed E-state index contributed by atoms with van der Waals surface area (Å²) in [5, 5.41) is 8.80. The molecule has 0 unspecified atom stereocenters. The summed E-state index contributed by atoms with van der Waals surface area (Å²) in [6.07, 6.45) is 5.06. The lowest BCUT2D eigenvalue weighted by atomic mass is 10.2. The van der Waals surface area contributed by atoms with Gasteiger partial charge in [0.2, 0.25) is 6.79 Å². The minimum Gasteiger partial charge on any atom is -0.454 e. The predicted octanol–water partition coefficient (Wildman–Crippen LogP) is 4.09. The van der Waals surface area contributed by atoms with Gasteiger partial charge in [0, 0.05) is 41.6 Å². The van der Waals surface area contributed by atoms with Crippen LogP contribution in [-0.4, -0.2) is 32.3 Å². The van der Waals surface area contributed by atoms with Crippen LogP contribution >= 0.6 is 0 Å². The van der Waals surface area contributed by atoms with Gasteiger partial charge in [-0.3, -0.25) is 4.57 Å². The van der Waals surface area contributed by atoms with Crippen LogP contribution in [0.4, 0.5) is 27.7 Å². The number of amides is 2. The van der Waals surface area contributed by atoms with Crippen LogP contribution in [0.2, 0.25) is 0 Å². The Hall–Kier alpha value is -4.60. The maximum atomic E-state index is 12.3. The van der Waals surface area contributed by atoms with Crippen molar-refractivity contribution in [3.8, 4) is 17.3 Å². The third kappa shape index (κ3) is 4.15. The summed E-state index contributed by atoms with van der Waals surface area (Å²) in [7, 11) is 0. The second kappa shape index (κ2) is 8.26. The number of anilines is 4. The molecule has 0 saturated heterocycles. The van der Waals surface area contributed by atoms with Crippen molar-refractivity contribution in [2.45, 2.75) is 6.92 Å². The van der Waals surface area contributed by atoms with Crippen LogP contribution < -0.4 is 25.4 Å². The zero-order valence-corrected chi connectivity index (χ0v) is 17.1. The van der Waals surface area contributed by atoms with E-state index in [0.717, 1.165) is 17.3 Å². The summed E-state index contributed by atoms with van der Waals surface area (Å²) < 4.78 is 12.5. The smallest absolute Gasteiger partial charge is 0.323 e. The molecule has 5 rings (SSSR count). The van der Waals surface area contributed by atoms with Crippen LogP contribution in [0, 0.1) is 6.92 Å². The van der Waals surface area contributed by atoms with Gasteiger partial charge in [0.1, 0.15) is 23.8 Å². The Morgan fingerprint density at radius 2 is 1.66 bits per heavy atom. The fourth-order valence-electron chi connectivity index (χ4n) is 3.22. The molecular formula is C22H19N7O3. The molecule has 0 radical (unpaired) electrons. The summed E-state index contributed by atoms with van der Waals surface area (Å²) in [5.74, 6) is 3.47. The Morgan fingerprint density at radius 3 is 2.47 bits per heavy atom. The first-order valence-electron chi connectivity index (χ1n) is 9.81. The fraction of sp³-hybridized carbons (Fsp3) is 0.0909. The number of hydrogen-bond acceptors (Lipinski definition) is 7. The molecule has 2 amide bonds. The van der Waals surface area contributed by atoms with Crippen molar-refractivity contribution in [2.24, 2.45) is 0 Å². The number of urea groups is 1. The van der Waals surface area contributed by atoms with Gasteiger partial charge >= 0.3 is 6.03 Å². The maximum Gasteiger partial charge on any atom is 0.323 e. The van der Waals surface area contributed by atoms with E-state index < -0.39 is 0 Å². The second-order valence-electron chi connectivity index (χ2n) is 6.96. The summed E-state index contributed by atoms with van der Waals surface area (Å²) in [6.45, 7) is 2.09. The molecule has 3 N–H and O–H groups in total. The SMILES string of the molecule is Cc1nccn1-c1cc(Nc2ccc(NC(=O)Nc3ccc4c(c3)OCO4)cc2)ncn1. The molecule has 1 aliphatic heterocycles. The van der Waals surface area contributed by atoms with Gasteiger partial charge in [-0.1, -0.05) is 0 Å². The predicted molar refractivity (Wildman–Crippen MR) is 119 cm³/mol. The van der Waals surface area contributed by atoms with Crippen LogP contribution in [-0.2, 0) is 0 Å². The molecule has 3 heterocycles. The minimum absolute atomic E-state index is 0.185. The van der Waals surface area contributed by atoms with Crippen LogP contribution in [0.5, 0.6) is 11.5 Å². The molecule has 4 aromatic rings. The van der Waals surface area contributed by atoms with Gasteiger partial charge in [0.15, 0.2) is 11.5 Å². The first-order chi connectivity index (χ1) is 15.6. The van der Waals surface area contributed by atoms with E-state index in [1.165, 1.54) is 6.33 Å². The average molecular weight is 429 g/mol. The Bertz CT molecular complexity index is 1270. The van der Waals surface area contributed by atoms with E-state index >= 15 is 0 Å². The van der Waals surface area contributed by atoms with Gasteiger partial charge in [-0.05, 0) is 43.3 Å². The molecule has 1 aliphatic rings. The summed E-state index contributed by atoms with van der Waals surface area (Å²) in [4.78, 5) is 25.1. The Kier molecular flexibility index (Phi) is 5.00. The van der Waals surface area contributed by atoms with Gasteiger partial charge in [0.05, 0.1) is 0 Å². The molecule has 160 valence electrons. The number of aryl methyl sites for hydroxylation is 1. The van der Waals surface area contributed by atoms with Crippen LogP contribution in [0.15, 0.2) is 67.3 Å². The number of nitrogens with one attached hydrogen (secondary N) is 3. The van der Waals surface area contributed by atoms with Crippen molar-refractivity contribution < 1.29 is 14.3 Å². The summed E-state index contributed by atoms with van der Waals surface area (Å²) in [6, 6.07) is 14.0. The Labute approximate surface area is 183 Å². The van der Waals surface area contributed by atoms with E-state index in [9.17, 15) is 4.79 Å². The number of aromatic nitrogens is 4. The van der Waals surface area contributed by atoms with Crippen molar-refractivity contribution in [1.29, 1.82) is 0 Å². The molecule has 10 nitrogen and oxygen atoms in total. The molecule has 10 heteroatoms. The van der Waals surface area contributed by atoms with Crippen molar-refractivity contribution in [2.75, 3.05) is 22.7 Å². The van der Waals surface area contributed by atoms with Crippen molar-refractivity contribution in [3.63, 3.8) is 0 Å². The third-order valence-corrected chi connectivity index (χ3v) is 4.77. The van der Waals surface area contributed by atoms with E-state index in [1.54, 1.807) is 36.5 Å². The molecular weight excluding hydrogens is 410 g/mol. The van der Waals surface area contributed by atoms with E-state index in [1.807, 2.05) is 35.9 Å². The highest BCUT2D eigenvalue weighted by atomic mass is 16.7. The van der Waals surface area contributed by atoms with Gasteiger partial charge in [-0.2, -0.15) is 0 Å². The summed E-state index contributed by atoms with van der Waals surface area (Å²) in [5.41, 5.74) is 2.07. The topological polar surface area (TPSA) is 115 Å². The van der Waals surface area contributed by atoms with Gasteiger partial charge in [-0.25, -0.2) is 19.7 Å². The normalized spacial score (nSPS) is 11.8. The number of nitrogens with zero attached hydrogens (tertiary/aromatic N) is 4. The van der Waals surface area contributed by atoms with E-state index in [0.29, 0.717) is 28.7 Å². The highest BCUT2D eigenvalue weighted by Crippen LogP contribution is 2.34. The lowest BCUT2D eigenvalue weighted by molar-refractivity contribution is 0.174. The number of rotatable bonds is 5. The number of imidazole rings is 1. The number of carbonyl (C=O) groups is 1. The standard InChI is InChI=1S/C22H19N7O3/c1-14-23-8-9-29(14)21-11-20(24-12-25-21)26-15-2-4-16(5-3-15)27-22(30)28-17-6-7-18-19(10-17)32-13-31-18/h2-12H,13H2,1H3,(H,24,25,26)(H2,27,28,30). The number of benzene rings is 2. The molecule has 0 saturated carbocycles. The van der Waals surface area contributed by atoms with Crippen molar-refractivity contribution in [1.82, 2.24) is 19.5 Å². The lowest BCUT2D eigenvalue weighted by Crippen LogP contribution is -2.19. The monoisotopic (exact) mass is 429 g/mol. The summed E-state index contributed by atoms with van der Waals surface area (Å²) >= 11 is 0. The van der Waals surface area contributed by atoms with E-state index in [4.69, 9.17) is 9.47 Å². The average Bonchev–Trinajstić information content (AvgIpc) is 3.43. The zero-order valence-electron chi connectivity index (χ0n) is 17.1. The van der Waals surface area contributed by atoms with E-state index in [-0.39, 0.29) is 12.8 Å². The van der Waals surface area contributed by atoms with Crippen LogP contribution in [0.1, 0.15) is 5.82 Å². The number of carbonyl (C=O) groups excluding carboxylic acids is 1. The van der Waals surface area contributed by atoms with Crippen molar-refractivity contribution in [3.05, 3.63) is 73.1 Å². The minimum atomic E-state index is -0.360. The van der Waals surface area contributed by atoms with Crippen LogP contribution in [0.25, 0.3) is 5.82 Å². The number of hydrogen-bond donors (Lipinski definition) is 3. The van der Waals surface area contributed by atoms with Gasteiger partial charge in [-0.15, -0.1) is 0 Å². The van der Waals surface area contributed by atoms with Gasteiger partial charge in [0.25, 0.3) is 0 Å². The zero-order chi connectivity index (χ0) is 21.9. The highest BCUT2D eigenvalue weighted by molar-refractivity contribution is 6.00. The van der Waals surface area contributed by atoms with Crippen molar-refractivity contribution >= 4 is 28.9 Å². The Morgan fingerprint density at radius 1 is 0.906 bits per heavy atom. The lowest BCUT2D eigenvalue weighted by Gasteiger charge is -2.10. The number of ether oxygens (including phenoxy) is 2. The van der Waals surface area contributed by atoms with E-state index in [2.05, 4.69) is 30.9 Å². The van der Waals surface area contributed by atoms with Gasteiger partial charge < -0.3 is 25.4 Å². The molecule has 2 aromatic heterocycles. The Balaban J connectivity index is 1.21. The second-order valence-corrected chi connectivity index (χ2v) is 6.96. The molecule has 0 bridgehead atoms. The molecule has 32 heavy (non-hydrogen) atoms. The first kappa shape index (κ1) is 19.4. The largest absolute Gasteiger partial charge is 0.454 e. The fourth-order valence-corrected chi connectivity index (χ4v) is 3.22. The molecule has 0 aliphatic carbocycles. The quantitative estimate of drug-likeness (QED) is 0.438. The first-order valence-corrected chi connectivity index (χ1v) is 9.81.